The molecule has 1 aromatic carbocycles. The summed E-state index contributed by atoms with van der Waals surface area (Å²) in [6, 6.07) is 8.85. The number of benzene rings is 1. The van der Waals surface area contributed by atoms with Crippen LogP contribution in [0.4, 0.5) is 0 Å². The lowest BCUT2D eigenvalue weighted by Crippen LogP contribution is -2.37. The summed E-state index contributed by atoms with van der Waals surface area (Å²) in [5.74, 6) is 0.910. The zero-order chi connectivity index (χ0) is 17.0. The van der Waals surface area contributed by atoms with E-state index in [1.54, 1.807) is 0 Å². The van der Waals surface area contributed by atoms with Crippen LogP contribution in [0, 0.1) is 12.8 Å². The summed E-state index contributed by atoms with van der Waals surface area (Å²) in [5.41, 5.74) is 1.91. The van der Waals surface area contributed by atoms with Crippen molar-refractivity contribution in [3.05, 3.63) is 46.7 Å². The number of carboxylic acid groups (broad SMARTS) is 1. The molecule has 0 saturated carbocycles. The number of nitrogens with one attached hydrogen (secondary N) is 1. The lowest BCUT2D eigenvalue weighted by molar-refractivity contribution is -0.140. The van der Waals surface area contributed by atoms with Crippen LogP contribution < -0.4 is 5.32 Å². The number of aliphatic carboxylic acids is 1. The molecule has 0 spiro atoms. The van der Waals surface area contributed by atoms with Gasteiger partial charge in [-0.25, -0.2) is 0 Å². The van der Waals surface area contributed by atoms with Gasteiger partial charge in [-0.3, -0.25) is 10.1 Å². The SMILES string of the molecule is Cc1c(Cl)cccc1-c1ccc(CNC(CC(C)C)C(=O)O)o1. The van der Waals surface area contributed by atoms with E-state index in [1.165, 1.54) is 0 Å². The Kier molecular flexibility index (Phi) is 5.85. The number of hydrogen-bond acceptors (Lipinski definition) is 3. The number of halogens is 1. The van der Waals surface area contributed by atoms with E-state index in [-0.39, 0.29) is 0 Å². The van der Waals surface area contributed by atoms with Crippen molar-refractivity contribution in [2.45, 2.75) is 39.8 Å². The number of hydrogen-bond donors (Lipinski definition) is 2. The Morgan fingerprint density at radius 1 is 1.30 bits per heavy atom. The monoisotopic (exact) mass is 335 g/mol. The predicted molar refractivity (Wildman–Crippen MR) is 91.6 cm³/mol. The van der Waals surface area contributed by atoms with E-state index in [9.17, 15) is 9.90 Å². The fraction of sp³-hybridized carbons (Fsp3) is 0.389. The normalized spacial score (nSPS) is 12.6. The summed E-state index contributed by atoms with van der Waals surface area (Å²) in [7, 11) is 0. The van der Waals surface area contributed by atoms with Gasteiger partial charge in [0.05, 0.1) is 6.54 Å². The van der Waals surface area contributed by atoms with Gasteiger partial charge in [0.1, 0.15) is 17.6 Å². The van der Waals surface area contributed by atoms with Crippen LogP contribution in [0.3, 0.4) is 0 Å². The molecule has 0 amide bonds. The topological polar surface area (TPSA) is 62.5 Å². The van der Waals surface area contributed by atoms with Crippen LogP contribution >= 0.6 is 11.6 Å². The van der Waals surface area contributed by atoms with Crippen LogP contribution in [0.2, 0.25) is 5.02 Å². The maximum Gasteiger partial charge on any atom is 0.320 e. The highest BCUT2D eigenvalue weighted by Crippen LogP contribution is 2.29. The Morgan fingerprint density at radius 2 is 2.04 bits per heavy atom. The molecule has 1 aromatic heterocycles. The van der Waals surface area contributed by atoms with E-state index in [2.05, 4.69) is 5.32 Å². The highest BCUT2D eigenvalue weighted by Gasteiger charge is 2.19. The molecule has 0 bridgehead atoms. The van der Waals surface area contributed by atoms with Crippen molar-refractivity contribution in [2.75, 3.05) is 0 Å². The first-order valence-electron chi connectivity index (χ1n) is 7.69. The first kappa shape index (κ1) is 17.6. The van der Waals surface area contributed by atoms with E-state index in [0.717, 1.165) is 16.9 Å². The van der Waals surface area contributed by atoms with Crippen molar-refractivity contribution in [1.82, 2.24) is 5.32 Å². The van der Waals surface area contributed by atoms with Crippen LogP contribution in [0.5, 0.6) is 0 Å². The van der Waals surface area contributed by atoms with E-state index in [0.29, 0.717) is 29.7 Å². The minimum atomic E-state index is -0.837. The summed E-state index contributed by atoms with van der Waals surface area (Å²) >= 11 is 6.14. The van der Waals surface area contributed by atoms with Crippen LogP contribution in [-0.4, -0.2) is 17.1 Å². The average Bonchev–Trinajstić information content (AvgIpc) is 2.94. The summed E-state index contributed by atoms with van der Waals surface area (Å²) in [4.78, 5) is 11.3. The lowest BCUT2D eigenvalue weighted by Gasteiger charge is -2.15. The van der Waals surface area contributed by atoms with Gasteiger partial charge >= 0.3 is 5.97 Å². The minimum absolute atomic E-state index is 0.310. The largest absolute Gasteiger partial charge is 0.480 e. The van der Waals surface area contributed by atoms with Crippen molar-refractivity contribution in [3.63, 3.8) is 0 Å². The lowest BCUT2D eigenvalue weighted by atomic mass is 10.0. The van der Waals surface area contributed by atoms with E-state index in [4.69, 9.17) is 16.0 Å². The van der Waals surface area contributed by atoms with Gasteiger partial charge in [-0.05, 0) is 43.0 Å². The Hall–Kier alpha value is -1.78. The Morgan fingerprint density at radius 3 is 2.70 bits per heavy atom. The highest BCUT2D eigenvalue weighted by molar-refractivity contribution is 6.31. The minimum Gasteiger partial charge on any atom is -0.480 e. The molecule has 2 aromatic rings. The first-order chi connectivity index (χ1) is 10.9. The summed E-state index contributed by atoms with van der Waals surface area (Å²) in [6.07, 6.45) is 0.580. The number of carbonyl (C=O) groups is 1. The molecule has 4 nitrogen and oxygen atoms in total. The molecule has 0 saturated heterocycles. The maximum atomic E-state index is 11.3. The Labute approximate surface area is 141 Å². The van der Waals surface area contributed by atoms with Gasteiger partial charge in [0.2, 0.25) is 0 Å². The summed E-state index contributed by atoms with van der Waals surface area (Å²) in [5, 5.41) is 13.0. The zero-order valence-electron chi connectivity index (χ0n) is 13.6. The Balaban J connectivity index is 2.07. The van der Waals surface area contributed by atoms with Crippen LogP contribution in [0.25, 0.3) is 11.3 Å². The van der Waals surface area contributed by atoms with Gasteiger partial charge < -0.3 is 9.52 Å². The fourth-order valence-corrected chi connectivity index (χ4v) is 2.63. The molecule has 5 heteroatoms. The van der Waals surface area contributed by atoms with Gasteiger partial charge in [0.15, 0.2) is 0 Å². The van der Waals surface area contributed by atoms with Crippen LogP contribution in [0.15, 0.2) is 34.7 Å². The third-order valence-electron chi connectivity index (χ3n) is 3.72. The predicted octanol–water partition coefficient (Wildman–Crippen LogP) is 4.50. The number of carboxylic acids is 1. The molecule has 23 heavy (non-hydrogen) atoms. The third-order valence-corrected chi connectivity index (χ3v) is 4.13. The Bertz CT molecular complexity index is 679. The molecule has 2 N–H and O–H groups in total. The van der Waals surface area contributed by atoms with Crippen molar-refractivity contribution in [2.24, 2.45) is 5.92 Å². The van der Waals surface area contributed by atoms with Crippen molar-refractivity contribution in [1.29, 1.82) is 0 Å². The molecule has 0 radical (unpaired) electrons. The van der Waals surface area contributed by atoms with Crippen LogP contribution in [0.1, 0.15) is 31.6 Å². The molecule has 2 rings (SSSR count). The second kappa shape index (κ2) is 7.66. The second-order valence-electron chi connectivity index (χ2n) is 6.08. The summed E-state index contributed by atoms with van der Waals surface area (Å²) < 4.78 is 5.83. The molecule has 0 aliphatic heterocycles. The molecular formula is C18H22ClNO3. The zero-order valence-corrected chi connectivity index (χ0v) is 14.4. The van der Waals surface area contributed by atoms with Crippen LogP contribution in [-0.2, 0) is 11.3 Å². The number of rotatable bonds is 7. The second-order valence-corrected chi connectivity index (χ2v) is 6.49. The van der Waals surface area contributed by atoms with Gasteiger partial charge in [-0.2, -0.15) is 0 Å². The summed E-state index contributed by atoms with van der Waals surface area (Å²) in [6.45, 7) is 6.33. The third kappa shape index (κ3) is 4.60. The molecule has 1 atom stereocenters. The molecular weight excluding hydrogens is 314 g/mol. The van der Waals surface area contributed by atoms with Crippen molar-refractivity contribution >= 4 is 17.6 Å². The molecule has 1 unspecified atom stereocenters. The van der Waals surface area contributed by atoms with E-state index < -0.39 is 12.0 Å². The van der Waals surface area contributed by atoms with Crippen molar-refractivity contribution < 1.29 is 14.3 Å². The molecule has 1 heterocycles. The quantitative estimate of drug-likeness (QED) is 0.782. The van der Waals surface area contributed by atoms with Gasteiger partial charge in [0, 0.05) is 10.6 Å². The van der Waals surface area contributed by atoms with E-state index in [1.807, 2.05) is 51.1 Å². The fourth-order valence-electron chi connectivity index (χ4n) is 2.46. The molecule has 0 aliphatic rings. The molecule has 124 valence electrons. The number of furan rings is 1. The van der Waals surface area contributed by atoms with Crippen molar-refractivity contribution in [3.8, 4) is 11.3 Å². The smallest absolute Gasteiger partial charge is 0.320 e. The van der Waals surface area contributed by atoms with E-state index >= 15 is 0 Å². The van der Waals surface area contributed by atoms with Gasteiger partial charge in [-0.1, -0.05) is 37.6 Å². The standard InChI is InChI=1S/C18H22ClNO3/c1-11(2)9-16(18(21)22)20-10-13-7-8-17(23-13)14-5-4-6-15(19)12(14)3/h4-8,11,16,20H,9-10H2,1-3H3,(H,21,22). The average molecular weight is 336 g/mol. The maximum absolute atomic E-state index is 11.3. The molecule has 0 aliphatic carbocycles. The highest BCUT2D eigenvalue weighted by atomic mass is 35.5. The molecule has 0 fully saturated rings. The van der Waals surface area contributed by atoms with Gasteiger partial charge in [-0.15, -0.1) is 0 Å². The van der Waals surface area contributed by atoms with Gasteiger partial charge in [0.25, 0.3) is 0 Å². The first-order valence-corrected chi connectivity index (χ1v) is 8.06.